The Hall–Kier alpha value is -3.08. The van der Waals surface area contributed by atoms with Gasteiger partial charge in [-0.15, -0.1) is 0 Å². The molecule has 0 spiro atoms. The summed E-state index contributed by atoms with van der Waals surface area (Å²) in [5.41, 5.74) is 3.29. The minimum absolute atomic E-state index is 0.204. The minimum Gasteiger partial charge on any atom is -0.494 e. The van der Waals surface area contributed by atoms with Crippen molar-refractivity contribution < 1.29 is 9.53 Å². The number of carbonyl (C=O) groups excluding carboxylic acids is 1. The Labute approximate surface area is 172 Å². The predicted molar refractivity (Wildman–Crippen MR) is 117 cm³/mol. The summed E-state index contributed by atoms with van der Waals surface area (Å²) in [7, 11) is 0. The predicted octanol–water partition coefficient (Wildman–Crippen LogP) is 4.99. The van der Waals surface area contributed by atoms with Gasteiger partial charge in [-0.2, -0.15) is 0 Å². The van der Waals surface area contributed by atoms with E-state index in [2.05, 4.69) is 48.5 Å². The molecule has 5 heteroatoms. The second-order valence-corrected chi connectivity index (χ2v) is 7.47. The standard InChI is InChI=1S/C24H29N3O2/c1-5-23(28)25-18(4)24-26-21-9-6-7-10-22(21)27(24)15-8-16-29-20-13-11-19(12-14-20)17(2)3/h5-7,9-14,17-18H,1,8,15-16H2,2-4H3,(H,25,28). The normalized spacial score (nSPS) is 12.1. The summed E-state index contributed by atoms with van der Waals surface area (Å²) in [5.74, 6) is 2.03. The third-order valence-electron chi connectivity index (χ3n) is 4.96. The minimum atomic E-state index is -0.211. The SMILES string of the molecule is C=CC(=O)NC(C)c1nc2ccccc2n1CCCOc1ccc(C(C)C)cc1. The smallest absolute Gasteiger partial charge is 0.243 e. The van der Waals surface area contributed by atoms with Crippen LogP contribution in [0, 0.1) is 0 Å². The Morgan fingerprint density at radius 3 is 2.59 bits per heavy atom. The van der Waals surface area contributed by atoms with E-state index in [0.717, 1.165) is 35.6 Å². The highest BCUT2D eigenvalue weighted by Crippen LogP contribution is 2.22. The van der Waals surface area contributed by atoms with Crippen LogP contribution in [-0.2, 0) is 11.3 Å². The van der Waals surface area contributed by atoms with Crippen molar-refractivity contribution in [1.29, 1.82) is 0 Å². The van der Waals surface area contributed by atoms with E-state index >= 15 is 0 Å². The van der Waals surface area contributed by atoms with E-state index in [9.17, 15) is 4.79 Å². The molecule has 0 aliphatic rings. The molecule has 0 radical (unpaired) electrons. The van der Waals surface area contributed by atoms with E-state index in [-0.39, 0.29) is 11.9 Å². The first-order chi connectivity index (χ1) is 14.0. The first kappa shape index (κ1) is 20.6. The Morgan fingerprint density at radius 2 is 1.90 bits per heavy atom. The number of carbonyl (C=O) groups is 1. The molecule has 1 atom stereocenters. The number of nitrogens with zero attached hydrogens (tertiary/aromatic N) is 2. The largest absolute Gasteiger partial charge is 0.494 e. The van der Waals surface area contributed by atoms with E-state index in [1.54, 1.807) is 0 Å². The molecule has 0 saturated heterocycles. The van der Waals surface area contributed by atoms with Crippen molar-refractivity contribution in [3.8, 4) is 5.75 Å². The average Bonchev–Trinajstić information content (AvgIpc) is 3.10. The molecule has 1 unspecified atom stereocenters. The topological polar surface area (TPSA) is 56.2 Å². The van der Waals surface area contributed by atoms with Crippen LogP contribution in [0.15, 0.2) is 61.2 Å². The van der Waals surface area contributed by atoms with Crippen molar-refractivity contribution in [3.05, 3.63) is 72.6 Å². The van der Waals surface area contributed by atoms with Crippen molar-refractivity contribution in [2.24, 2.45) is 0 Å². The van der Waals surface area contributed by atoms with Crippen molar-refractivity contribution in [2.45, 2.75) is 45.7 Å². The van der Waals surface area contributed by atoms with Crippen LogP contribution in [0.3, 0.4) is 0 Å². The van der Waals surface area contributed by atoms with E-state index in [1.165, 1.54) is 11.6 Å². The van der Waals surface area contributed by atoms with Gasteiger partial charge in [0.2, 0.25) is 5.91 Å². The molecule has 0 aliphatic heterocycles. The van der Waals surface area contributed by atoms with Gasteiger partial charge in [0.25, 0.3) is 0 Å². The van der Waals surface area contributed by atoms with Crippen LogP contribution < -0.4 is 10.1 Å². The number of hydrogen-bond donors (Lipinski definition) is 1. The lowest BCUT2D eigenvalue weighted by Gasteiger charge is -2.16. The maximum atomic E-state index is 11.7. The van der Waals surface area contributed by atoms with Gasteiger partial charge in [-0.05, 0) is 55.2 Å². The Balaban J connectivity index is 1.67. The van der Waals surface area contributed by atoms with E-state index in [0.29, 0.717) is 12.5 Å². The quantitative estimate of drug-likeness (QED) is 0.413. The number of rotatable bonds is 9. The average molecular weight is 392 g/mol. The van der Waals surface area contributed by atoms with Gasteiger partial charge in [0.1, 0.15) is 11.6 Å². The zero-order valence-corrected chi connectivity index (χ0v) is 17.4. The number of aryl methyl sites for hydroxylation is 1. The number of hydrogen-bond acceptors (Lipinski definition) is 3. The summed E-state index contributed by atoms with van der Waals surface area (Å²) in [6.45, 7) is 11.2. The van der Waals surface area contributed by atoms with Crippen molar-refractivity contribution in [1.82, 2.24) is 14.9 Å². The molecule has 0 bridgehead atoms. The first-order valence-corrected chi connectivity index (χ1v) is 10.1. The number of ether oxygens (including phenoxy) is 1. The zero-order valence-electron chi connectivity index (χ0n) is 17.4. The highest BCUT2D eigenvalue weighted by atomic mass is 16.5. The van der Waals surface area contributed by atoms with Crippen LogP contribution >= 0.6 is 0 Å². The third kappa shape index (κ3) is 5.05. The lowest BCUT2D eigenvalue weighted by atomic mass is 10.0. The number of nitrogens with one attached hydrogen (secondary N) is 1. The molecular weight excluding hydrogens is 362 g/mol. The molecule has 1 aromatic heterocycles. The Morgan fingerprint density at radius 1 is 1.17 bits per heavy atom. The van der Waals surface area contributed by atoms with Crippen LogP contribution in [0.25, 0.3) is 11.0 Å². The summed E-state index contributed by atoms with van der Waals surface area (Å²) in [6, 6.07) is 16.1. The van der Waals surface area contributed by atoms with Crippen molar-refractivity contribution >= 4 is 16.9 Å². The van der Waals surface area contributed by atoms with Gasteiger partial charge in [0, 0.05) is 6.54 Å². The highest BCUT2D eigenvalue weighted by molar-refractivity contribution is 5.87. The van der Waals surface area contributed by atoms with Crippen LogP contribution in [0.4, 0.5) is 0 Å². The monoisotopic (exact) mass is 391 g/mol. The molecule has 152 valence electrons. The van der Waals surface area contributed by atoms with Crippen molar-refractivity contribution in [3.63, 3.8) is 0 Å². The zero-order chi connectivity index (χ0) is 20.8. The van der Waals surface area contributed by atoms with Gasteiger partial charge in [-0.1, -0.05) is 44.7 Å². The van der Waals surface area contributed by atoms with Gasteiger partial charge in [0.05, 0.1) is 23.7 Å². The van der Waals surface area contributed by atoms with Crippen LogP contribution in [0.1, 0.15) is 50.5 Å². The molecule has 5 nitrogen and oxygen atoms in total. The Kier molecular flexibility index (Phi) is 6.70. The number of imidazole rings is 1. The number of aromatic nitrogens is 2. The fraction of sp³-hybridized carbons (Fsp3) is 0.333. The van der Waals surface area contributed by atoms with E-state index in [1.807, 2.05) is 37.3 Å². The third-order valence-corrected chi connectivity index (χ3v) is 4.96. The number of amides is 1. The van der Waals surface area contributed by atoms with Crippen LogP contribution in [-0.4, -0.2) is 22.1 Å². The van der Waals surface area contributed by atoms with Gasteiger partial charge < -0.3 is 14.6 Å². The van der Waals surface area contributed by atoms with Crippen LogP contribution in [0.2, 0.25) is 0 Å². The van der Waals surface area contributed by atoms with Gasteiger partial charge in [0.15, 0.2) is 0 Å². The van der Waals surface area contributed by atoms with Gasteiger partial charge in [-0.3, -0.25) is 4.79 Å². The Bertz CT molecular complexity index is 973. The lowest BCUT2D eigenvalue weighted by Crippen LogP contribution is -2.27. The fourth-order valence-corrected chi connectivity index (χ4v) is 3.36. The summed E-state index contributed by atoms with van der Waals surface area (Å²) >= 11 is 0. The second-order valence-electron chi connectivity index (χ2n) is 7.47. The molecule has 3 aromatic rings. The second kappa shape index (κ2) is 9.41. The van der Waals surface area contributed by atoms with Crippen LogP contribution in [0.5, 0.6) is 5.75 Å². The molecule has 1 amide bonds. The molecule has 0 aliphatic carbocycles. The number of fused-ring (bicyclic) bond motifs is 1. The molecule has 2 aromatic carbocycles. The van der Waals surface area contributed by atoms with Gasteiger partial charge >= 0.3 is 0 Å². The van der Waals surface area contributed by atoms with Crippen molar-refractivity contribution in [2.75, 3.05) is 6.61 Å². The van der Waals surface area contributed by atoms with E-state index in [4.69, 9.17) is 9.72 Å². The summed E-state index contributed by atoms with van der Waals surface area (Å²) in [6.07, 6.45) is 2.11. The molecular formula is C24H29N3O2. The number of para-hydroxylation sites is 2. The summed E-state index contributed by atoms with van der Waals surface area (Å²) in [4.78, 5) is 16.5. The first-order valence-electron chi connectivity index (χ1n) is 10.1. The molecule has 1 heterocycles. The molecule has 1 N–H and O–H groups in total. The maximum absolute atomic E-state index is 11.7. The fourth-order valence-electron chi connectivity index (χ4n) is 3.36. The summed E-state index contributed by atoms with van der Waals surface area (Å²) in [5, 5.41) is 2.91. The maximum Gasteiger partial charge on any atom is 0.243 e. The molecule has 0 fully saturated rings. The molecule has 29 heavy (non-hydrogen) atoms. The molecule has 3 rings (SSSR count). The summed E-state index contributed by atoms with van der Waals surface area (Å²) < 4.78 is 8.08. The lowest BCUT2D eigenvalue weighted by molar-refractivity contribution is -0.117. The van der Waals surface area contributed by atoms with Gasteiger partial charge in [-0.25, -0.2) is 4.98 Å². The number of benzene rings is 2. The molecule has 0 saturated carbocycles. The highest BCUT2D eigenvalue weighted by Gasteiger charge is 2.17. The van der Waals surface area contributed by atoms with E-state index < -0.39 is 0 Å².